The van der Waals surface area contributed by atoms with E-state index < -0.39 is 23.6 Å². The van der Waals surface area contributed by atoms with Crippen molar-refractivity contribution in [2.24, 2.45) is 5.10 Å². The summed E-state index contributed by atoms with van der Waals surface area (Å²) in [6.07, 6.45) is 0. The fraction of sp³-hybridized carbons (Fsp3) is 0.0909. The quantitative estimate of drug-likeness (QED) is 0.194. The van der Waals surface area contributed by atoms with Crippen molar-refractivity contribution in [3.63, 3.8) is 0 Å². The smallest absolute Gasteiger partial charge is 0.353 e. The van der Waals surface area contributed by atoms with Gasteiger partial charge in [-0.15, -0.1) is 11.3 Å². The Bertz CT molecular complexity index is 1180. The summed E-state index contributed by atoms with van der Waals surface area (Å²) in [5, 5.41) is 7.82. The van der Waals surface area contributed by atoms with Gasteiger partial charge in [0.15, 0.2) is 11.5 Å². The lowest BCUT2D eigenvalue weighted by molar-refractivity contribution is -0.136. The Labute approximate surface area is 186 Å². The summed E-state index contributed by atoms with van der Waals surface area (Å²) in [6.45, 7) is 1.60. The zero-order valence-corrected chi connectivity index (χ0v) is 17.9. The number of benzene rings is 2. The van der Waals surface area contributed by atoms with Gasteiger partial charge in [0.2, 0.25) is 0 Å². The standard InChI is InChI=1S/C22H18FN3O5S/c1-13(25-26-21(28)20(27)24-16-7-4-3-6-15(16)23)14-9-10-17(18(12-14)30-2)31-22(29)19-8-5-11-32-19/h3-12H,1-2H3,(H,24,27)(H,26,28)/b25-13+. The van der Waals surface area contributed by atoms with Crippen LogP contribution in [0.4, 0.5) is 10.1 Å². The molecule has 32 heavy (non-hydrogen) atoms. The zero-order valence-electron chi connectivity index (χ0n) is 17.0. The van der Waals surface area contributed by atoms with Crippen molar-refractivity contribution in [3.05, 3.63) is 76.2 Å². The lowest BCUT2D eigenvalue weighted by atomic mass is 10.1. The van der Waals surface area contributed by atoms with E-state index in [0.717, 1.165) is 6.07 Å². The maximum Gasteiger partial charge on any atom is 0.353 e. The number of halogens is 1. The van der Waals surface area contributed by atoms with Gasteiger partial charge in [0.1, 0.15) is 10.7 Å². The van der Waals surface area contributed by atoms with Gasteiger partial charge in [0, 0.05) is 5.56 Å². The van der Waals surface area contributed by atoms with Gasteiger partial charge in [-0.25, -0.2) is 14.6 Å². The molecule has 2 amide bonds. The van der Waals surface area contributed by atoms with Gasteiger partial charge in [0.25, 0.3) is 0 Å². The number of carbonyl (C=O) groups excluding carboxylic acids is 3. The molecular formula is C22H18FN3O5S. The number of methoxy groups -OCH3 is 1. The third-order valence-corrected chi connectivity index (χ3v) is 5.01. The Balaban J connectivity index is 1.66. The summed E-state index contributed by atoms with van der Waals surface area (Å²) in [4.78, 5) is 36.5. The molecule has 0 aliphatic carbocycles. The van der Waals surface area contributed by atoms with Gasteiger partial charge < -0.3 is 14.8 Å². The largest absolute Gasteiger partial charge is 0.493 e. The molecule has 0 aliphatic rings. The first-order valence-corrected chi connectivity index (χ1v) is 10.1. The second-order valence-electron chi connectivity index (χ2n) is 6.30. The van der Waals surface area contributed by atoms with Crippen LogP contribution in [0.1, 0.15) is 22.2 Å². The molecule has 0 saturated heterocycles. The Morgan fingerprint density at radius 1 is 1.00 bits per heavy atom. The molecule has 164 valence electrons. The molecule has 1 heterocycles. The summed E-state index contributed by atoms with van der Waals surface area (Å²) in [6, 6.07) is 13.6. The monoisotopic (exact) mass is 455 g/mol. The summed E-state index contributed by atoms with van der Waals surface area (Å²) < 4.78 is 24.2. The Morgan fingerprint density at radius 2 is 1.78 bits per heavy atom. The van der Waals surface area contributed by atoms with Crippen molar-refractivity contribution in [2.45, 2.75) is 6.92 Å². The Kier molecular flexibility index (Phi) is 7.29. The first-order valence-electron chi connectivity index (χ1n) is 9.23. The van der Waals surface area contributed by atoms with Crippen LogP contribution in [0, 0.1) is 5.82 Å². The van der Waals surface area contributed by atoms with E-state index >= 15 is 0 Å². The maximum absolute atomic E-state index is 13.6. The highest BCUT2D eigenvalue weighted by atomic mass is 32.1. The molecule has 2 N–H and O–H groups in total. The molecule has 0 atom stereocenters. The van der Waals surface area contributed by atoms with Gasteiger partial charge in [-0.1, -0.05) is 18.2 Å². The molecule has 10 heteroatoms. The second kappa shape index (κ2) is 10.3. The molecular weight excluding hydrogens is 437 g/mol. The number of anilines is 1. The second-order valence-corrected chi connectivity index (χ2v) is 7.25. The molecule has 0 saturated carbocycles. The van der Waals surface area contributed by atoms with Gasteiger partial charge in [-0.3, -0.25) is 9.59 Å². The third-order valence-electron chi connectivity index (χ3n) is 4.16. The van der Waals surface area contributed by atoms with Crippen LogP contribution in [-0.4, -0.2) is 30.6 Å². The Hall–Kier alpha value is -4.05. The highest BCUT2D eigenvalue weighted by Crippen LogP contribution is 2.29. The van der Waals surface area contributed by atoms with Crippen LogP contribution in [0.3, 0.4) is 0 Å². The molecule has 3 aromatic rings. The number of esters is 1. The number of hydrogen-bond acceptors (Lipinski definition) is 7. The van der Waals surface area contributed by atoms with Gasteiger partial charge >= 0.3 is 17.8 Å². The molecule has 0 bridgehead atoms. The van der Waals surface area contributed by atoms with Crippen LogP contribution in [-0.2, 0) is 9.59 Å². The summed E-state index contributed by atoms with van der Waals surface area (Å²) in [7, 11) is 1.42. The van der Waals surface area contributed by atoms with Crippen LogP contribution in [0.25, 0.3) is 0 Å². The Morgan fingerprint density at radius 3 is 2.47 bits per heavy atom. The molecule has 3 rings (SSSR count). The first kappa shape index (κ1) is 22.6. The van der Waals surface area contributed by atoms with Crippen molar-refractivity contribution in [1.29, 1.82) is 0 Å². The molecule has 0 radical (unpaired) electrons. The number of hydrogen-bond donors (Lipinski definition) is 2. The van der Waals surface area contributed by atoms with Crippen LogP contribution in [0.2, 0.25) is 0 Å². The molecule has 0 aliphatic heterocycles. The molecule has 2 aromatic carbocycles. The predicted octanol–water partition coefficient (Wildman–Crippen LogP) is 3.59. The van der Waals surface area contributed by atoms with Crippen LogP contribution >= 0.6 is 11.3 Å². The summed E-state index contributed by atoms with van der Waals surface area (Å²) in [5.41, 5.74) is 2.90. The number of hydrazone groups is 1. The summed E-state index contributed by atoms with van der Waals surface area (Å²) >= 11 is 1.26. The van der Waals surface area contributed by atoms with Crippen LogP contribution in [0.15, 0.2) is 65.1 Å². The number of carbonyl (C=O) groups is 3. The number of ether oxygens (including phenoxy) is 2. The normalized spacial score (nSPS) is 10.9. The highest BCUT2D eigenvalue weighted by molar-refractivity contribution is 7.12. The lowest BCUT2D eigenvalue weighted by Gasteiger charge is -2.11. The van der Waals surface area contributed by atoms with E-state index in [0.29, 0.717) is 16.2 Å². The van der Waals surface area contributed by atoms with Gasteiger partial charge in [-0.05, 0) is 48.7 Å². The molecule has 8 nitrogen and oxygen atoms in total. The van der Waals surface area contributed by atoms with E-state index in [-0.39, 0.29) is 17.2 Å². The minimum Gasteiger partial charge on any atom is -0.493 e. The van der Waals surface area contributed by atoms with Crippen LogP contribution < -0.4 is 20.2 Å². The molecule has 0 unspecified atom stereocenters. The highest BCUT2D eigenvalue weighted by Gasteiger charge is 2.16. The van der Waals surface area contributed by atoms with Crippen molar-refractivity contribution in [3.8, 4) is 11.5 Å². The summed E-state index contributed by atoms with van der Waals surface area (Å²) in [5.74, 6) is -2.81. The molecule has 0 fully saturated rings. The molecule has 0 spiro atoms. The number of nitrogens with zero attached hydrogens (tertiary/aromatic N) is 1. The van der Waals surface area contributed by atoms with E-state index in [1.54, 1.807) is 36.6 Å². The predicted molar refractivity (Wildman–Crippen MR) is 118 cm³/mol. The molecule has 1 aromatic heterocycles. The maximum atomic E-state index is 13.6. The van der Waals surface area contributed by atoms with E-state index in [2.05, 4.69) is 15.8 Å². The fourth-order valence-corrected chi connectivity index (χ4v) is 3.11. The van der Waals surface area contributed by atoms with Crippen molar-refractivity contribution in [1.82, 2.24) is 5.43 Å². The van der Waals surface area contributed by atoms with E-state index in [4.69, 9.17) is 9.47 Å². The average molecular weight is 455 g/mol. The van der Waals surface area contributed by atoms with E-state index in [1.807, 2.05) is 0 Å². The number of rotatable bonds is 6. The van der Waals surface area contributed by atoms with Gasteiger partial charge in [0.05, 0.1) is 18.5 Å². The number of thiophene rings is 1. The third kappa shape index (κ3) is 5.55. The minimum atomic E-state index is -1.07. The number of para-hydroxylation sites is 1. The van der Waals surface area contributed by atoms with Crippen LogP contribution in [0.5, 0.6) is 11.5 Å². The van der Waals surface area contributed by atoms with E-state index in [1.165, 1.54) is 42.7 Å². The van der Waals surface area contributed by atoms with Crippen molar-refractivity contribution >= 4 is 40.5 Å². The zero-order chi connectivity index (χ0) is 23.1. The average Bonchev–Trinajstić information content (AvgIpc) is 3.34. The fourth-order valence-electron chi connectivity index (χ4n) is 2.51. The number of nitrogens with one attached hydrogen (secondary N) is 2. The van der Waals surface area contributed by atoms with Crippen molar-refractivity contribution in [2.75, 3.05) is 12.4 Å². The van der Waals surface area contributed by atoms with Gasteiger partial charge in [-0.2, -0.15) is 5.10 Å². The van der Waals surface area contributed by atoms with Crippen molar-refractivity contribution < 1.29 is 28.2 Å². The topological polar surface area (TPSA) is 106 Å². The number of amides is 2. The van der Waals surface area contributed by atoms with E-state index in [9.17, 15) is 18.8 Å². The minimum absolute atomic E-state index is 0.120. The lowest BCUT2D eigenvalue weighted by Crippen LogP contribution is -2.33. The first-order chi connectivity index (χ1) is 15.4. The SMILES string of the molecule is COc1cc(/C(C)=N/NC(=O)C(=O)Nc2ccccc2F)ccc1OC(=O)c1cccs1.